The number of hydrogen-bond donors (Lipinski definition) is 0. The number of sulfone groups is 1. The van der Waals surface area contributed by atoms with Crippen molar-refractivity contribution in [2.24, 2.45) is 0 Å². The van der Waals surface area contributed by atoms with E-state index in [0.717, 1.165) is 63.8 Å². The maximum Gasteiger partial charge on any atom is 0.222 e. The van der Waals surface area contributed by atoms with E-state index in [1.165, 1.54) is 6.42 Å². The van der Waals surface area contributed by atoms with Gasteiger partial charge in [-0.1, -0.05) is 43.7 Å². The molecule has 1 saturated heterocycles. The van der Waals surface area contributed by atoms with E-state index in [2.05, 4.69) is 23.6 Å². The first-order valence-electron chi connectivity index (χ1n) is 12.3. The fourth-order valence-corrected chi connectivity index (χ4v) is 5.88. The smallest absolute Gasteiger partial charge is 0.222 e. The number of likely N-dealkylation sites (tertiary alicyclic amines) is 1. The highest BCUT2D eigenvalue weighted by atomic mass is 32.2. The molecule has 1 aliphatic heterocycles. The minimum Gasteiger partial charge on any atom is -0.343 e. The summed E-state index contributed by atoms with van der Waals surface area (Å²) in [4.78, 5) is 17.3. The van der Waals surface area contributed by atoms with Crippen molar-refractivity contribution in [2.75, 3.05) is 26.2 Å². The highest BCUT2D eigenvalue weighted by molar-refractivity contribution is 7.91. The van der Waals surface area contributed by atoms with Gasteiger partial charge >= 0.3 is 0 Å². The Morgan fingerprint density at radius 1 is 0.939 bits per heavy atom. The van der Waals surface area contributed by atoms with Gasteiger partial charge < -0.3 is 9.80 Å². The summed E-state index contributed by atoms with van der Waals surface area (Å²) in [5.74, 6) is 0.325. The summed E-state index contributed by atoms with van der Waals surface area (Å²) in [7, 11) is -3.47. The van der Waals surface area contributed by atoms with Crippen LogP contribution in [0.25, 0.3) is 0 Å². The Balaban J connectivity index is 1.49. The van der Waals surface area contributed by atoms with Crippen molar-refractivity contribution in [1.82, 2.24) is 9.80 Å². The molecule has 1 atom stereocenters. The first kappa shape index (κ1) is 25.4. The van der Waals surface area contributed by atoms with Gasteiger partial charge in [-0.25, -0.2) is 8.42 Å². The van der Waals surface area contributed by atoms with E-state index in [9.17, 15) is 13.2 Å². The molecule has 1 heterocycles. The van der Waals surface area contributed by atoms with Gasteiger partial charge in [-0.2, -0.15) is 0 Å². The molecule has 5 nitrogen and oxygen atoms in total. The lowest BCUT2D eigenvalue weighted by Gasteiger charge is -2.28. The molecule has 0 N–H and O–H groups in total. The average molecular weight is 471 g/mol. The fourth-order valence-electron chi connectivity index (χ4n) is 4.59. The SMILES string of the molecule is CCN(CCCCN1CCCCCC1=O)C(C)Cc1ccc(S(=O)(=O)c2ccccc2)cc1. The number of nitrogens with zero attached hydrogens (tertiary/aromatic N) is 2. The molecule has 0 aliphatic carbocycles. The predicted octanol–water partition coefficient (Wildman–Crippen LogP) is 4.96. The fraction of sp³-hybridized carbons (Fsp3) is 0.519. The average Bonchev–Trinajstić information content (AvgIpc) is 3.04. The largest absolute Gasteiger partial charge is 0.343 e. The van der Waals surface area contributed by atoms with Gasteiger partial charge in [-0.05, 0) is 81.9 Å². The van der Waals surface area contributed by atoms with Crippen LogP contribution < -0.4 is 0 Å². The summed E-state index contributed by atoms with van der Waals surface area (Å²) in [5, 5.41) is 0. The van der Waals surface area contributed by atoms with Crippen molar-refractivity contribution in [3.8, 4) is 0 Å². The first-order valence-corrected chi connectivity index (χ1v) is 13.8. The van der Waals surface area contributed by atoms with Crippen molar-refractivity contribution < 1.29 is 13.2 Å². The molecule has 0 saturated carbocycles. The maximum atomic E-state index is 12.8. The number of unbranched alkanes of at least 4 members (excludes halogenated alkanes) is 1. The van der Waals surface area contributed by atoms with Gasteiger partial charge in [0.15, 0.2) is 0 Å². The summed E-state index contributed by atoms with van der Waals surface area (Å²) in [6, 6.07) is 16.2. The van der Waals surface area contributed by atoms with E-state index in [4.69, 9.17) is 0 Å². The molecule has 2 aromatic carbocycles. The molecule has 33 heavy (non-hydrogen) atoms. The van der Waals surface area contributed by atoms with E-state index < -0.39 is 9.84 Å². The van der Waals surface area contributed by atoms with Crippen LogP contribution in [0, 0.1) is 0 Å². The van der Waals surface area contributed by atoms with Gasteiger partial charge in [0, 0.05) is 25.6 Å². The molecule has 0 bridgehead atoms. The summed E-state index contributed by atoms with van der Waals surface area (Å²) in [6.07, 6.45) is 7.05. The third kappa shape index (κ3) is 7.15. The molecule has 180 valence electrons. The van der Waals surface area contributed by atoms with Crippen LogP contribution in [0.4, 0.5) is 0 Å². The van der Waals surface area contributed by atoms with Gasteiger partial charge in [0.25, 0.3) is 0 Å². The number of amides is 1. The number of likely N-dealkylation sites (N-methyl/N-ethyl adjacent to an activating group) is 1. The second-order valence-corrected chi connectivity index (χ2v) is 11.0. The van der Waals surface area contributed by atoms with Crippen LogP contribution in [0.3, 0.4) is 0 Å². The minimum atomic E-state index is -3.47. The van der Waals surface area contributed by atoms with E-state index in [1.807, 2.05) is 18.2 Å². The van der Waals surface area contributed by atoms with E-state index in [1.54, 1.807) is 36.4 Å². The molecule has 0 spiro atoms. The lowest BCUT2D eigenvalue weighted by atomic mass is 10.1. The van der Waals surface area contributed by atoms with Crippen LogP contribution in [0.2, 0.25) is 0 Å². The van der Waals surface area contributed by atoms with Gasteiger partial charge in [-0.3, -0.25) is 4.79 Å². The topological polar surface area (TPSA) is 57.7 Å². The van der Waals surface area contributed by atoms with Crippen molar-refractivity contribution >= 4 is 15.7 Å². The van der Waals surface area contributed by atoms with Crippen LogP contribution in [-0.4, -0.2) is 56.3 Å². The minimum absolute atomic E-state index is 0.324. The third-order valence-electron chi connectivity index (χ3n) is 6.64. The third-order valence-corrected chi connectivity index (χ3v) is 8.43. The van der Waals surface area contributed by atoms with E-state index in [0.29, 0.717) is 28.2 Å². The predicted molar refractivity (Wildman–Crippen MR) is 133 cm³/mol. The molecule has 2 aromatic rings. The lowest BCUT2D eigenvalue weighted by molar-refractivity contribution is -0.130. The zero-order valence-electron chi connectivity index (χ0n) is 20.1. The Labute approximate surface area is 199 Å². The van der Waals surface area contributed by atoms with Crippen LogP contribution in [0.5, 0.6) is 0 Å². The number of hydrogen-bond acceptors (Lipinski definition) is 4. The van der Waals surface area contributed by atoms with Gasteiger partial charge in [0.1, 0.15) is 0 Å². The lowest BCUT2D eigenvalue weighted by Crippen LogP contribution is -2.36. The van der Waals surface area contributed by atoms with E-state index in [-0.39, 0.29) is 0 Å². The van der Waals surface area contributed by atoms with Crippen LogP contribution in [-0.2, 0) is 21.1 Å². The van der Waals surface area contributed by atoms with Crippen molar-refractivity contribution in [3.05, 3.63) is 60.2 Å². The Bertz CT molecular complexity index is 974. The highest BCUT2D eigenvalue weighted by Gasteiger charge is 2.19. The zero-order chi connectivity index (χ0) is 23.7. The van der Waals surface area contributed by atoms with Crippen molar-refractivity contribution in [1.29, 1.82) is 0 Å². The second-order valence-electron chi connectivity index (χ2n) is 9.04. The Morgan fingerprint density at radius 2 is 1.64 bits per heavy atom. The quantitative estimate of drug-likeness (QED) is 0.436. The molecule has 1 aliphatic rings. The van der Waals surface area contributed by atoms with Crippen LogP contribution in [0.15, 0.2) is 64.4 Å². The monoisotopic (exact) mass is 470 g/mol. The highest BCUT2D eigenvalue weighted by Crippen LogP contribution is 2.21. The molecule has 1 amide bonds. The maximum absolute atomic E-state index is 12.8. The molecule has 6 heteroatoms. The van der Waals surface area contributed by atoms with Gasteiger partial charge in [0.05, 0.1) is 9.79 Å². The van der Waals surface area contributed by atoms with E-state index >= 15 is 0 Å². The normalized spacial score (nSPS) is 16.1. The van der Waals surface area contributed by atoms with Crippen LogP contribution in [0.1, 0.15) is 57.9 Å². The van der Waals surface area contributed by atoms with Crippen LogP contribution >= 0.6 is 0 Å². The summed E-state index contributed by atoms with van der Waals surface area (Å²) in [6.45, 7) is 8.20. The first-order chi connectivity index (χ1) is 15.9. The summed E-state index contributed by atoms with van der Waals surface area (Å²) in [5.41, 5.74) is 1.14. The zero-order valence-corrected chi connectivity index (χ0v) is 20.9. The molecular weight excluding hydrogens is 432 g/mol. The molecule has 0 radical (unpaired) electrons. The Morgan fingerprint density at radius 3 is 2.33 bits per heavy atom. The van der Waals surface area contributed by atoms with Crippen molar-refractivity contribution in [2.45, 2.75) is 74.6 Å². The summed E-state index contributed by atoms with van der Waals surface area (Å²) < 4.78 is 25.6. The Kier molecular flexibility index (Phi) is 9.51. The molecular formula is C27H38N2O3S. The number of rotatable bonds is 11. The molecule has 0 aromatic heterocycles. The number of carbonyl (C=O) groups excluding carboxylic acids is 1. The standard InChI is InChI=1S/C27H38N2O3S/c1-3-28(19-10-11-21-29-20-9-5-8-14-27(29)30)23(2)22-24-15-17-26(18-16-24)33(31,32)25-12-6-4-7-13-25/h4,6-7,12-13,15-18,23H,3,5,8-11,14,19-22H2,1-2H3. The Hall–Kier alpha value is -2.18. The molecule has 1 fully saturated rings. The molecule has 1 unspecified atom stereocenters. The number of benzene rings is 2. The van der Waals surface area contributed by atoms with Gasteiger partial charge in [0.2, 0.25) is 15.7 Å². The summed E-state index contributed by atoms with van der Waals surface area (Å²) >= 11 is 0. The number of carbonyl (C=O) groups is 1. The second kappa shape index (κ2) is 12.3. The van der Waals surface area contributed by atoms with Crippen molar-refractivity contribution in [3.63, 3.8) is 0 Å². The van der Waals surface area contributed by atoms with Gasteiger partial charge in [-0.15, -0.1) is 0 Å². The molecule has 3 rings (SSSR count).